The van der Waals surface area contributed by atoms with Gasteiger partial charge in [0.05, 0.1) is 10.4 Å². The fourth-order valence-corrected chi connectivity index (χ4v) is 2.29. The van der Waals surface area contributed by atoms with E-state index >= 15 is 0 Å². The number of nitrogen functional groups attached to an aromatic ring is 1. The smallest absolute Gasteiger partial charge is 0.384 e. The van der Waals surface area contributed by atoms with Gasteiger partial charge in [0.25, 0.3) is 0 Å². The number of fused-ring (bicyclic) bond motifs is 1. The van der Waals surface area contributed by atoms with Gasteiger partial charge in [0.2, 0.25) is 0 Å². The number of pyridine rings is 1. The molecule has 3 nitrogen and oxygen atoms in total. The van der Waals surface area contributed by atoms with Crippen molar-refractivity contribution in [3.63, 3.8) is 0 Å². The van der Waals surface area contributed by atoms with E-state index in [2.05, 4.69) is 0 Å². The van der Waals surface area contributed by atoms with Crippen LogP contribution < -0.4 is 5.73 Å². The average Bonchev–Trinajstić information content (AvgIpc) is 2.55. The summed E-state index contributed by atoms with van der Waals surface area (Å²) < 4.78 is 38.8. The first-order valence-electron chi connectivity index (χ1n) is 4.58. The molecule has 0 aromatic carbocycles. The summed E-state index contributed by atoms with van der Waals surface area (Å²) in [7, 11) is 0. The first kappa shape index (κ1) is 11.8. The van der Waals surface area contributed by atoms with Crippen LogP contribution in [0.15, 0.2) is 35.5 Å². The summed E-state index contributed by atoms with van der Waals surface area (Å²) in [5.74, 6) is -0.375. The van der Waals surface area contributed by atoms with Gasteiger partial charge in [-0.2, -0.15) is 13.2 Å². The van der Waals surface area contributed by atoms with Crippen LogP contribution in [0.1, 0.15) is 5.56 Å². The van der Waals surface area contributed by atoms with E-state index in [1.807, 2.05) is 0 Å². The Hall–Kier alpha value is -1.63. The molecule has 0 bridgehead atoms. The highest BCUT2D eigenvalue weighted by Crippen LogP contribution is 2.41. The molecule has 0 amide bonds. The Morgan fingerprint density at radius 3 is 2.65 bits per heavy atom. The molecule has 2 rings (SSSR count). The van der Waals surface area contributed by atoms with Gasteiger partial charge in [-0.05, 0) is 23.9 Å². The summed E-state index contributed by atoms with van der Waals surface area (Å²) in [5, 5.41) is 7.30. The van der Waals surface area contributed by atoms with Crippen LogP contribution in [0.3, 0.4) is 0 Å². The highest BCUT2D eigenvalue weighted by atomic mass is 32.2. The molecule has 90 valence electrons. The fourth-order valence-electron chi connectivity index (χ4n) is 1.51. The van der Waals surface area contributed by atoms with Crippen LogP contribution in [-0.4, -0.2) is 15.7 Å². The molecule has 0 spiro atoms. The molecule has 0 saturated heterocycles. The zero-order valence-electron chi connectivity index (χ0n) is 8.45. The Kier molecular flexibility index (Phi) is 2.78. The fraction of sp³-hybridized carbons (Fsp3) is 0.100. The maximum absolute atomic E-state index is 12.4. The maximum Gasteiger partial charge on any atom is 0.446 e. The second kappa shape index (κ2) is 3.99. The Bertz CT molecular complexity index is 574. The van der Waals surface area contributed by atoms with E-state index < -0.39 is 5.51 Å². The van der Waals surface area contributed by atoms with Gasteiger partial charge in [0, 0.05) is 18.0 Å². The predicted molar refractivity (Wildman–Crippen MR) is 60.3 cm³/mol. The number of rotatable bonds is 2. The number of aromatic nitrogens is 1. The molecule has 7 heteroatoms. The third kappa shape index (κ3) is 2.38. The highest BCUT2D eigenvalue weighted by molar-refractivity contribution is 8.00. The number of nitrogens with one attached hydrogen (secondary N) is 1. The molecule has 0 fully saturated rings. The average molecular weight is 259 g/mol. The minimum Gasteiger partial charge on any atom is -0.384 e. The van der Waals surface area contributed by atoms with Crippen LogP contribution in [0, 0.1) is 5.41 Å². The van der Waals surface area contributed by atoms with E-state index in [1.165, 1.54) is 10.6 Å². The second-order valence-corrected chi connectivity index (χ2v) is 4.40. The number of hydrogen-bond donors (Lipinski definition) is 2. The van der Waals surface area contributed by atoms with Crippen LogP contribution >= 0.6 is 11.8 Å². The minimum atomic E-state index is -4.40. The molecule has 0 radical (unpaired) electrons. The highest BCUT2D eigenvalue weighted by Gasteiger charge is 2.32. The number of thioether (sulfide) groups is 1. The van der Waals surface area contributed by atoms with Crippen molar-refractivity contribution >= 4 is 23.1 Å². The van der Waals surface area contributed by atoms with Gasteiger partial charge in [0.15, 0.2) is 0 Å². The van der Waals surface area contributed by atoms with E-state index in [0.717, 1.165) is 0 Å². The standard InChI is InChI=1S/C10H8F3N3S/c11-10(12,13)17-8-6(9(14)15)5-16-4-2-1-3-7(8)16/h1-5H,(H3,14,15). The SMILES string of the molecule is N=C(N)c1cn2ccccc2c1SC(F)(F)F. The lowest BCUT2D eigenvalue weighted by molar-refractivity contribution is -0.0327. The van der Waals surface area contributed by atoms with Crippen LogP contribution in [0.2, 0.25) is 0 Å². The third-order valence-electron chi connectivity index (χ3n) is 2.14. The molecule has 0 aliphatic carbocycles. The lowest BCUT2D eigenvalue weighted by Gasteiger charge is -2.06. The summed E-state index contributed by atoms with van der Waals surface area (Å²) in [6, 6.07) is 4.89. The molecule has 0 unspecified atom stereocenters. The van der Waals surface area contributed by atoms with Gasteiger partial charge >= 0.3 is 5.51 Å². The minimum absolute atomic E-state index is 0.0365. The molecule has 0 saturated carbocycles. The quantitative estimate of drug-likeness (QED) is 0.495. The zero-order chi connectivity index (χ0) is 12.6. The monoisotopic (exact) mass is 259 g/mol. The van der Waals surface area contributed by atoms with Crippen molar-refractivity contribution in [2.75, 3.05) is 0 Å². The number of nitrogens with zero attached hydrogens (tertiary/aromatic N) is 1. The molecule has 2 aromatic rings. The molecule has 2 aromatic heterocycles. The van der Waals surface area contributed by atoms with Crippen molar-refractivity contribution in [2.24, 2.45) is 5.73 Å². The van der Waals surface area contributed by atoms with E-state index in [4.69, 9.17) is 11.1 Å². The van der Waals surface area contributed by atoms with Crippen LogP contribution in [0.4, 0.5) is 13.2 Å². The predicted octanol–water partition coefficient (Wildman–Crippen LogP) is 2.84. The van der Waals surface area contributed by atoms with E-state index in [-0.39, 0.29) is 28.1 Å². The molecule has 2 heterocycles. The summed E-state index contributed by atoms with van der Waals surface area (Å²) in [4.78, 5) is -0.0365. The first-order chi connectivity index (χ1) is 7.88. The zero-order valence-corrected chi connectivity index (χ0v) is 9.27. The summed E-state index contributed by atoms with van der Waals surface area (Å²) in [6.45, 7) is 0. The topological polar surface area (TPSA) is 54.3 Å². The van der Waals surface area contributed by atoms with Crippen molar-refractivity contribution < 1.29 is 13.2 Å². The van der Waals surface area contributed by atoms with Gasteiger partial charge in [-0.15, -0.1) is 0 Å². The normalized spacial score (nSPS) is 11.9. The number of alkyl halides is 3. The van der Waals surface area contributed by atoms with Gasteiger partial charge in [-0.1, -0.05) is 6.07 Å². The number of hydrogen-bond acceptors (Lipinski definition) is 2. The van der Waals surface area contributed by atoms with Crippen molar-refractivity contribution in [1.29, 1.82) is 5.41 Å². The maximum atomic E-state index is 12.4. The molecule has 3 N–H and O–H groups in total. The van der Waals surface area contributed by atoms with E-state index in [1.54, 1.807) is 24.4 Å². The van der Waals surface area contributed by atoms with Crippen molar-refractivity contribution in [2.45, 2.75) is 10.4 Å². The Balaban J connectivity index is 2.64. The summed E-state index contributed by atoms with van der Waals surface area (Å²) >= 11 is -0.250. The second-order valence-electron chi connectivity index (χ2n) is 3.33. The lowest BCUT2D eigenvalue weighted by Crippen LogP contribution is -2.12. The first-order valence-corrected chi connectivity index (χ1v) is 5.40. The molecule has 0 atom stereocenters. The van der Waals surface area contributed by atoms with E-state index in [0.29, 0.717) is 5.52 Å². The lowest BCUT2D eigenvalue weighted by atomic mass is 10.3. The number of amidine groups is 1. The molecular weight excluding hydrogens is 251 g/mol. The third-order valence-corrected chi connectivity index (χ3v) is 3.01. The van der Waals surface area contributed by atoms with Gasteiger partial charge in [-0.25, -0.2) is 0 Å². The van der Waals surface area contributed by atoms with Crippen molar-refractivity contribution in [1.82, 2.24) is 4.40 Å². The van der Waals surface area contributed by atoms with Crippen LogP contribution in [0.25, 0.3) is 5.52 Å². The molecule has 17 heavy (non-hydrogen) atoms. The van der Waals surface area contributed by atoms with Crippen molar-refractivity contribution in [3.05, 3.63) is 36.2 Å². The Morgan fingerprint density at radius 1 is 1.35 bits per heavy atom. The molecular formula is C10H8F3N3S. The Morgan fingerprint density at radius 2 is 2.06 bits per heavy atom. The van der Waals surface area contributed by atoms with Gasteiger partial charge in [0.1, 0.15) is 5.84 Å². The molecule has 0 aliphatic rings. The van der Waals surface area contributed by atoms with Crippen molar-refractivity contribution in [3.8, 4) is 0 Å². The van der Waals surface area contributed by atoms with Gasteiger partial charge in [-0.3, -0.25) is 5.41 Å². The summed E-state index contributed by atoms with van der Waals surface area (Å²) in [5.41, 5.74) is 1.37. The van der Waals surface area contributed by atoms with Crippen LogP contribution in [-0.2, 0) is 0 Å². The van der Waals surface area contributed by atoms with E-state index in [9.17, 15) is 13.2 Å². The van der Waals surface area contributed by atoms with Gasteiger partial charge < -0.3 is 10.1 Å². The van der Waals surface area contributed by atoms with Crippen LogP contribution in [0.5, 0.6) is 0 Å². The number of nitrogens with two attached hydrogens (primary N) is 1. The number of halogens is 3. The largest absolute Gasteiger partial charge is 0.446 e. The summed E-state index contributed by atoms with van der Waals surface area (Å²) in [6.07, 6.45) is 3.04. The Labute approximate surface area is 98.9 Å². The molecule has 0 aliphatic heterocycles.